The molecule has 0 aliphatic carbocycles. The Bertz CT molecular complexity index is 727. The number of amides is 3. The first-order valence-corrected chi connectivity index (χ1v) is 6.82. The van der Waals surface area contributed by atoms with Crippen LogP contribution in [0.25, 0.3) is 0 Å². The minimum atomic E-state index is -0.325. The number of pyridine rings is 1. The summed E-state index contributed by atoms with van der Waals surface area (Å²) in [5.74, 6) is -0.807. The van der Waals surface area contributed by atoms with Gasteiger partial charge < -0.3 is 5.32 Å². The summed E-state index contributed by atoms with van der Waals surface area (Å²) < 4.78 is 0. The molecule has 2 heterocycles. The van der Waals surface area contributed by atoms with Crippen molar-refractivity contribution >= 4 is 29.1 Å². The molecule has 1 aliphatic heterocycles. The summed E-state index contributed by atoms with van der Waals surface area (Å²) in [6.45, 7) is 0. The van der Waals surface area contributed by atoms with Crippen LogP contribution in [0, 0.1) is 0 Å². The van der Waals surface area contributed by atoms with Crippen LogP contribution in [0.2, 0.25) is 0 Å². The van der Waals surface area contributed by atoms with Gasteiger partial charge in [-0.25, -0.2) is 0 Å². The van der Waals surface area contributed by atoms with Gasteiger partial charge in [0.15, 0.2) is 0 Å². The summed E-state index contributed by atoms with van der Waals surface area (Å²) >= 11 is 0. The van der Waals surface area contributed by atoms with Gasteiger partial charge in [0, 0.05) is 24.6 Å². The number of hydrogen-bond donors (Lipinski definition) is 1. The molecule has 1 N–H and O–H groups in total. The maximum Gasteiger partial charge on any atom is 0.255 e. The highest BCUT2D eigenvalue weighted by Gasteiger charge is 2.30. The smallest absolute Gasteiger partial charge is 0.255 e. The van der Waals surface area contributed by atoms with E-state index in [0.29, 0.717) is 16.9 Å². The number of imide groups is 1. The van der Waals surface area contributed by atoms with Crippen LogP contribution < -0.4 is 10.2 Å². The maximum atomic E-state index is 12.2. The van der Waals surface area contributed by atoms with E-state index in [1.807, 2.05) is 0 Å². The molecule has 0 atom stereocenters. The molecule has 1 aromatic carbocycles. The Kier molecular flexibility index (Phi) is 3.65. The number of carbonyl (C=O) groups is 3. The Labute approximate surface area is 126 Å². The zero-order valence-corrected chi connectivity index (χ0v) is 11.7. The van der Waals surface area contributed by atoms with Crippen molar-refractivity contribution in [3.63, 3.8) is 0 Å². The van der Waals surface area contributed by atoms with Gasteiger partial charge in [-0.15, -0.1) is 0 Å². The molecule has 0 saturated carbocycles. The van der Waals surface area contributed by atoms with E-state index in [1.54, 1.807) is 36.5 Å². The Morgan fingerprint density at radius 1 is 1.09 bits per heavy atom. The van der Waals surface area contributed by atoms with Crippen LogP contribution >= 0.6 is 0 Å². The molecule has 6 nitrogen and oxygen atoms in total. The minimum absolute atomic E-state index is 0.213. The Hall–Kier alpha value is -3.02. The van der Waals surface area contributed by atoms with Crippen molar-refractivity contribution in [2.75, 3.05) is 10.2 Å². The van der Waals surface area contributed by atoms with Crippen LogP contribution in [0.1, 0.15) is 23.2 Å². The second-order valence-corrected chi connectivity index (χ2v) is 4.87. The van der Waals surface area contributed by atoms with Crippen LogP contribution in [0.5, 0.6) is 0 Å². The van der Waals surface area contributed by atoms with Crippen molar-refractivity contribution in [1.82, 2.24) is 4.98 Å². The summed E-state index contributed by atoms with van der Waals surface area (Å²) in [7, 11) is 0. The van der Waals surface area contributed by atoms with Crippen molar-refractivity contribution in [3.8, 4) is 0 Å². The first-order chi connectivity index (χ1) is 10.6. The van der Waals surface area contributed by atoms with E-state index in [0.717, 1.165) is 4.90 Å². The Morgan fingerprint density at radius 2 is 1.86 bits per heavy atom. The molecular weight excluding hydrogens is 282 g/mol. The van der Waals surface area contributed by atoms with Crippen molar-refractivity contribution < 1.29 is 14.4 Å². The standard InChI is InChI=1S/C16H13N3O3/c20-14-6-7-15(21)19(14)13-5-1-3-11(9-13)16(22)18-12-4-2-8-17-10-12/h1-5,8-10H,6-7H2,(H,18,22). The molecule has 110 valence electrons. The van der Waals surface area contributed by atoms with E-state index < -0.39 is 0 Å². The summed E-state index contributed by atoms with van der Waals surface area (Å²) in [6, 6.07) is 9.89. The molecule has 1 saturated heterocycles. The summed E-state index contributed by atoms with van der Waals surface area (Å²) in [4.78, 5) is 40.8. The van der Waals surface area contributed by atoms with Crippen LogP contribution in [0.3, 0.4) is 0 Å². The first-order valence-electron chi connectivity index (χ1n) is 6.82. The van der Waals surface area contributed by atoms with Gasteiger partial charge in [-0.3, -0.25) is 24.3 Å². The monoisotopic (exact) mass is 295 g/mol. The third-order valence-corrected chi connectivity index (χ3v) is 3.34. The van der Waals surface area contributed by atoms with E-state index >= 15 is 0 Å². The fraction of sp³-hybridized carbons (Fsp3) is 0.125. The normalized spacial score (nSPS) is 14.3. The molecule has 3 rings (SSSR count). The van der Waals surface area contributed by atoms with Crippen LogP contribution in [0.4, 0.5) is 11.4 Å². The van der Waals surface area contributed by atoms with Crippen molar-refractivity contribution in [1.29, 1.82) is 0 Å². The quantitative estimate of drug-likeness (QED) is 0.878. The fourth-order valence-corrected chi connectivity index (χ4v) is 2.29. The van der Waals surface area contributed by atoms with Gasteiger partial charge in [-0.1, -0.05) is 6.07 Å². The van der Waals surface area contributed by atoms with E-state index in [4.69, 9.17) is 0 Å². The lowest BCUT2D eigenvalue weighted by atomic mass is 10.1. The van der Waals surface area contributed by atoms with Crippen molar-refractivity contribution in [2.45, 2.75) is 12.8 Å². The highest BCUT2D eigenvalue weighted by molar-refractivity contribution is 6.20. The number of nitrogens with one attached hydrogen (secondary N) is 1. The average molecular weight is 295 g/mol. The van der Waals surface area contributed by atoms with E-state index in [1.165, 1.54) is 12.3 Å². The van der Waals surface area contributed by atoms with E-state index in [2.05, 4.69) is 10.3 Å². The third-order valence-electron chi connectivity index (χ3n) is 3.34. The summed E-state index contributed by atoms with van der Waals surface area (Å²) in [6.07, 6.45) is 3.58. The number of benzene rings is 1. The van der Waals surface area contributed by atoms with Gasteiger partial charge in [0.1, 0.15) is 0 Å². The van der Waals surface area contributed by atoms with E-state index in [-0.39, 0.29) is 30.6 Å². The number of aromatic nitrogens is 1. The maximum absolute atomic E-state index is 12.2. The fourth-order valence-electron chi connectivity index (χ4n) is 2.29. The molecule has 6 heteroatoms. The number of carbonyl (C=O) groups excluding carboxylic acids is 3. The van der Waals surface area contributed by atoms with Gasteiger partial charge in [0.05, 0.1) is 17.6 Å². The van der Waals surface area contributed by atoms with Crippen LogP contribution in [-0.4, -0.2) is 22.7 Å². The van der Waals surface area contributed by atoms with Crippen LogP contribution in [0.15, 0.2) is 48.8 Å². The molecule has 2 aromatic rings. The number of anilines is 2. The SMILES string of the molecule is O=C(Nc1cccnc1)c1cccc(N2C(=O)CCC2=O)c1. The molecule has 3 amide bonds. The number of rotatable bonds is 3. The lowest BCUT2D eigenvalue weighted by Crippen LogP contribution is -2.28. The van der Waals surface area contributed by atoms with Gasteiger partial charge in [0.25, 0.3) is 5.91 Å². The highest BCUT2D eigenvalue weighted by Crippen LogP contribution is 2.23. The van der Waals surface area contributed by atoms with Gasteiger partial charge >= 0.3 is 0 Å². The van der Waals surface area contributed by atoms with E-state index in [9.17, 15) is 14.4 Å². The lowest BCUT2D eigenvalue weighted by Gasteiger charge is -2.14. The molecule has 22 heavy (non-hydrogen) atoms. The Morgan fingerprint density at radius 3 is 2.55 bits per heavy atom. The summed E-state index contributed by atoms with van der Waals surface area (Å²) in [5.41, 5.74) is 1.37. The predicted molar refractivity (Wildman–Crippen MR) is 80.4 cm³/mol. The number of hydrogen-bond acceptors (Lipinski definition) is 4. The first kappa shape index (κ1) is 13.9. The third kappa shape index (κ3) is 2.71. The molecule has 1 aliphatic rings. The molecule has 0 spiro atoms. The van der Waals surface area contributed by atoms with Crippen molar-refractivity contribution in [2.24, 2.45) is 0 Å². The molecule has 0 unspecified atom stereocenters. The molecule has 0 radical (unpaired) electrons. The summed E-state index contributed by atoms with van der Waals surface area (Å²) in [5, 5.41) is 2.71. The number of nitrogens with zero attached hydrogens (tertiary/aromatic N) is 2. The minimum Gasteiger partial charge on any atom is -0.321 e. The average Bonchev–Trinajstić information content (AvgIpc) is 2.87. The van der Waals surface area contributed by atoms with Gasteiger partial charge in [0.2, 0.25) is 11.8 Å². The molecule has 1 fully saturated rings. The predicted octanol–water partition coefficient (Wildman–Crippen LogP) is 1.99. The molecule has 0 bridgehead atoms. The molecule has 1 aromatic heterocycles. The zero-order valence-electron chi connectivity index (χ0n) is 11.7. The second kappa shape index (κ2) is 5.77. The zero-order chi connectivity index (χ0) is 15.5. The topological polar surface area (TPSA) is 79.4 Å². The van der Waals surface area contributed by atoms with Crippen molar-refractivity contribution in [3.05, 3.63) is 54.4 Å². The largest absolute Gasteiger partial charge is 0.321 e. The highest BCUT2D eigenvalue weighted by atomic mass is 16.2. The molecular formula is C16H13N3O3. The second-order valence-electron chi connectivity index (χ2n) is 4.87. The van der Waals surface area contributed by atoms with Gasteiger partial charge in [-0.05, 0) is 30.3 Å². The van der Waals surface area contributed by atoms with Gasteiger partial charge in [-0.2, -0.15) is 0 Å². The Balaban J connectivity index is 1.83. The lowest BCUT2D eigenvalue weighted by molar-refractivity contribution is -0.121. The van der Waals surface area contributed by atoms with Crippen LogP contribution in [-0.2, 0) is 9.59 Å².